The van der Waals surface area contributed by atoms with E-state index < -0.39 is 0 Å². The summed E-state index contributed by atoms with van der Waals surface area (Å²) in [7, 11) is 1.95. The number of halogens is 2. The molecule has 0 bridgehead atoms. The molecule has 2 rings (SSSR count). The normalized spacial score (nSPS) is 17.6. The summed E-state index contributed by atoms with van der Waals surface area (Å²) < 4.78 is 19.6. The maximum atomic E-state index is 13.1. The van der Waals surface area contributed by atoms with Crippen molar-refractivity contribution >= 4 is 15.9 Å². The van der Waals surface area contributed by atoms with Gasteiger partial charge in [0.25, 0.3) is 0 Å². The molecule has 0 aliphatic heterocycles. The quantitative estimate of drug-likeness (QED) is 0.899. The van der Waals surface area contributed by atoms with Crippen LogP contribution in [-0.2, 0) is 0 Å². The second-order valence-corrected chi connectivity index (χ2v) is 5.42. The summed E-state index contributed by atoms with van der Waals surface area (Å²) in [6, 6.07) is 4.83. The molecule has 94 valence electrons. The molecule has 1 aromatic rings. The third-order valence-electron chi connectivity index (χ3n) is 3.32. The summed E-state index contributed by atoms with van der Waals surface area (Å²) in [5.74, 6) is 0.490. The lowest BCUT2D eigenvalue weighted by Crippen LogP contribution is -2.45. The minimum Gasteiger partial charge on any atom is -0.487 e. The molecule has 0 atom stereocenters. The SMILES string of the molecule is CNCCC1(Oc2ccc(F)c(Br)c2)CCC1. The average molecular weight is 302 g/mol. The van der Waals surface area contributed by atoms with Crippen LogP contribution in [0.25, 0.3) is 0 Å². The molecule has 4 heteroatoms. The summed E-state index contributed by atoms with van der Waals surface area (Å²) in [6.07, 6.45) is 4.39. The number of ether oxygens (including phenoxy) is 1. The molecule has 2 nitrogen and oxygen atoms in total. The van der Waals surface area contributed by atoms with Gasteiger partial charge in [-0.3, -0.25) is 0 Å². The lowest BCUT2D eigenvalue weighted by molar-refractivity contribution is -0.0139. The fraction of sp³-hybridized carbons (Fsp3) is 0.538. The molecule has 17 heavy (non-hydrogen) atoms. The van der Waals surface area contributed by atoms with Gasteiger partial charge in [0.05, 0.1) is 4.47 Å². The largest absolute Gasteiger partial charge is 0.487 e. The fourth-order valence-corrected chi connectivity index (χ4v) is 2.48. The molecule has 1 aliphatic carbocycles. The van der Waals surface area contributed by atoms with Crippen LogP contribution in [0, 0.1) is 5.82 Å². The van der Waals surface area contributed by atoms with Crippen LogP contribution < -0.4 is 10.1 Å². The van der Waals surface area contributed by atoms with Crippen LogP contribution in [0.15, 0.2) is 22.7 Å². The van der Waals surface area contributed by atoms with E-state index in [-0.39, 0.29) is 11.4 Å². The highest BCUT2D eigenvalue weighted by Crippen LogP contribution is 2.39. The highest BCUT2D eigenvalue weighted by molar-refractivity contribution is 9.10. The predicted molar refractivity (Wildman–Crippen MR) is 69.9 cm³/mol. The van der Waals surface area contributed by atoms with Crippen molar-refractivity contribution in [3.63, 3.8) is 0 Å². The van der Waals surface area contributed by atoms with Gasteiger partial charge in [-0.25, -0.2) is 4.39 Å². The van der Waals surface area contributed by atoms with Crippen molar-refractivity contribution in [1.82, 2.24) is 5.32 Å². The average Bonchev–Trinajstić information content (AvgIpc) is 2.27. The molecule has 0 amide bonds. The molecule has 0 saturated heterocycles. The summed E-state index contributed by atoms with van der Waals surface area (Å²) in [5.41, 5.74) is -0.0414. The number of hydrogen-bond acceptors (Lipinski definition) is 2. The van der Waals surface area contributed by atoms with Crippen molar-refractivity contribution < 1.29 is 9.13 Å². The minimum absolute atomic E-state index is 0.0414. The van der Waals surface area contributed by atoms with Gasteiger partial charge in [-0.15, -0.1) is 0 Å². The Morgan fingerprint density at radius 1 is 1.47 bits per heavy atom. The maximum Gasteiger partial charge on any atom is 0.137 e. The Morgan fingerprint density at radius 2 is 2.24 bits per heavy atom. The first-order valence-corrected chi connectivity index (χ1v) is 6.73. The molecule has 1 saturated carbocycles. The maximum absolute atomic E-state index is 13.1. The van der Waals surface area contributed by atoms with Gasteiger partial charge < -0.3 is 10.1 Å². The van der Waals surface area contributed by atoms with Crippen LogP contribution in [0.4, 0.5) is 4.39 Å². The summed E-state index contributed by atoms with van der Waals surface area (Å²) in [4.78, 5) is 0. The highest BCUT2D eigenvalue weighted by Gasteiger charge is 2.38. The Labute approximate surface area is 110 Å². The topological polar surface area (TPSA) is 21.3 Å². The van der Waals surface area contributed by atoms with Gasteiger partial charge >= 0.3 is 0 Å². The molecular weight excluding hydrogens is 285 g/mol. The number of rotatable bonds is 5. The summed E-state index contributed by atoms with van der Waals surface area (Å²) in [5, 5.41) is 3.15. The van der Waals surface area contributed by atoms with E-state index in [4.69, 9.17) is 4.74 Å². The van der Waals surface area contributed by atoms with Crippen molar-refractivity contribution in [3.05, 3.63) is 28.5 Å². The van der Waals surface area contributed by atoms with E-state index in [9.17, 15) is 4.39 Å². The fourth-order valence-electron chi connectivity index (χ4n) is 2.12. The third-order valence-corrected chi connectivity index (χ3v) is 3.93. The van der Waals surface area contributed by atoms with Crippen LogP contribution in [-0.4, -0.2) is 19.2 Å². The zero-order valence-corrected chi connectivity index (χ0v) is 11.5. The van der Waals surface area contributed by atoms with E-state index in [1.165, 1.54) is 12.5 Å². The van der Waals surface area contributed by atoms with Crippen LogP contribution in [0.1, 0.15) is 25.7 Å². The van der Waals surface area contributed by atoms with E-state index in [0.29, 0.717) is 4.47 Å². The van der Waals surface area contributed by atoms with Gasteiger partial charge in [-0.1, -0.05) is 0 Å². The molecule has 0 radical (unpaired) electrons. The molecule has 1 fully saturated rings. The molecule has 0 unspecified atom stereocenters. The van der Waals surface area contributed by atoms with E-state index in [1.54, 1.807) is 12.1 Å². The molecule has 0 aromatic heterocycles. The van der Waals surface area contributed by atoms with E-state index >= 15 is 0 Å². The van der Waals surface area contributed by atoms with Gasteiger partial charge in [0.2, 0.25) is 0 Å². The monoisotopic (exact) mass is 301 g/mol. The van der Waals surface area contributed by atoms with Gasteiger partial charge in [-0.05, 0) is 73.4 Å². The number of benzene rings is 1. The van der Waals surface area contributed by atoms with Crippen LogP contribution >= 0.6 is 15.9 Å². The van der Waals surface area contributed by atoms with Crippen LogP contribution in [0.2, 0.25) is 0 Å². The molecule has 1 aromatic carbocycles. The zero-order valence-electron chi connectivity index (χ0n) is 9.93. The summed E-state index contributed by atoms with van der Waals surface area (Å²) >= 11 is 3.18. The molecule has 1 aliphatic rings. The van der Waals surface area contributed by atoms with Gasteiger partial charge in [0, 0.05) is 0 Å². The minimum atomic E-state index is -0.254. The molecule has 0 heterocycles. The molecule has 0 spiro atoms. The third kappa shape index (κ3) is 2.99. The van der Waals surface area contributed by atoms with Crippen LogP contribution in [0.5, 0.6) is 5.75 Å². The number of hydrogen-bond donors (Lipinski definition) is 1. The standard InChI is InChI=1S/C13H17BrFNO/c1-16-8-7-13(5-2-6-13)17-10-3-4-12(15)11(14)9-10/h3-4,9,16H,2,5-8H2,1H3. The van der Waals surface area contributed by atoms with Gasteiger partial charge in [-0.2, -0.15) is 0 Å². The van der Waals surface area contributed by atoms with Crippen molar-refractivity contribution in [3.8, 4) is 5.75 Å². The smallest absolute Gasteiger partial charge is 0.137 e. The van der Waals surface area contributed by atoms with Gasteiger partial charge in [0.15, 0.2) is 0 Å². The first kappa shape index (κ1) is 12.8. The van der Waals surface area contributed by atoms with Gasteiger partial charge in [0.1, 0.15) is 17.2 Å². The molecule has 1 N–H and O–H groups in total. The predicted octanol–water partition coefficient (Wildman–Crippen LogP) is 3.50. The lowest BCUT2D eigenvalue weighted by atomic mass is 9.77. The first-order chi connectivity index (χ1) is 8.15. The summed E-state index contributed by atoms with van der Waals surface area (Å²) in [6.45, 7) is 0.947. The van der Waals surface area contributed by atoms with E-state index in [1.807, 2.05) is 7.05 Å². The van der Waals surface area contributed by atoms with Crippen molar-refractivity contribution in [2.45, 2.75) is 31.3 Å². The zero-order chi connectivity index (χ0) is 12.3. The van der Waals surface area contributed by atoms with Crippen LogP contribution in [0.3, 0.4) is 0 Å². The second kappa shape index (κ2) is 5.36. The van der Waals surface area contributed by atoms with E-state index in [2.05, 4.69) is 21.2 Å². The van der Waals surface area contributed by atoms with E-state index in [0.717, 1.165) is 31.6 Å². The Balaban J connectivity index is 2.05. The Morgan fingerprint density at radius 3 is 2.76 bits per heavy atom. The number of nitrogens with one attached hydrogen (secondary N) is 1. The molecular formula is C13H17BrFNO. The Hall–Kier alpha value is -0.610. The first-order valence-electron chi connectivity index (χ1n) is 5.94. The lowest BCUT2D eigenvalue weighted by Gasteiger charge is -2.42. The Kier molecular flexibility index (Phi) is 4.05. The van der Waals surface area contributed by atoms with Crippen molar-refractivity contribution in [2.75, 3.05) is 13.6 Å². The van der Waals surface area contributed by atoms with Crippen molar-refractivity contribution in [2.24, 2.45) is 0 Å². The second-order valence-electron chi connectivity index (χ2n) is 4.57. The Bertz CT molecular complexity index is 393. The highest BCUT2D eigenvalue weighted by atomic mass is 79.9. The van der Waals surface area contributed by atoms with Crippen molar-refractivity contribution in [1.29, 1.82) is 0 Å².